The molecule has 1 N–H and O–H groups in total. The van der Waals surface area contributed by atoms with Gasteiger partial charge >= 0.3 is 0 Å². The average molecular weight is 385 g/mol. The SMILES string of the molecule is COc1cc(/C=C/C(=O)NC(C#N)c2cccc(Cl)c2)ccc1OC(C)C. The quantitative estimate of drug-likeness (QED) is 0.712. The topological polar surface area (TPSA) is 71.3 Å². The van der Waals surface area contributed by atoms with Crippen LogP contribution >= 0.6 is 11.6 Å². The smallest absolute Gasteiger partial charge is 0.245 e. The number of hydrogen-bond acceptors (Lipinski definition) is 4. The summed E-state index contributed by atoms with van der Waals surface area (Å²) in [6.07, 6.45) is 3.04. The van der Waals surface area contributed by atoms with Crippen LogP contribution in [-0.2, 0) is 4.79 Å². The summed E-state index contributed by atoms with van der Waals surface area (Å²) in [5.41, 5.74) is 1.40. The summed E-state index contributed by atoms with van der Waals surface area (Å²) in [5.74, 6) is 0.836. The van der Waals surface area contributed by atoms with Crippen LogP contribution in [0.4, 0.5) is 0 Å². The summed E-state index contributed by atoms with van der Waals surface area (Å²) in [4.78, 5) is 12.2. The molecule has 0 aliphatic carbocycles. The number of amides is 1. The zero-order chi connectivity index (χ0) is 19.8. The molecule has 0 saturated heterocycles. The first kappa shape index (κ1) is 20.3. The lowest BCUT2D eigenvalue weighted by molar-refractivity contribution is -0.116. The van der Waals surface area contributed by atoms with Crippen LogP contribution in [0.5, 0.6) is 11.5 Å². The molecule has 0 aliphatic heterocycles. The van der Waals surface area contributed by atoms with Crippen molar-refractivity contribution in [3.63, 3.8) is 0 Å². The van der Waals surface area contributed by atoms with E-state index in [9.17, 15) is 10.1 Å². The Bertz CT molecular complexity index is 872. The van der Waals surface area contributed by atoms with E-state index in [0.29, 0.717) is 22.1 Å². The number of hydrogen-bond donors (Lipinski definition) is 1. The molecule has 2 rings (SSSR count). The predicted octanol–water partition coefficient (Wildman–Crippen LogP) is 4.53. The van der Waals surface area contributed by atoms with Crippen LogP contribution in [0.15, 0.2) is 48.5 Å². The lowest BCUT2D eigenvalue weighted by atomic mass is 10.1. The number of benzene rings is 2. The largest absolute Gasteiger partial charge is 0.493 e. The van der Waals surface area contributed by atoms with Gasteiger partial charge in [0.15, 0.2) is 11.5 Å². The van der Waals surface area contributed by atoms with Crippen molar-refractivity contribution < 1.29 is 14.3 Å². The van der Waals surface area contributed by atoms with Gasteiger partial charge < -0.3 is 14.8 Å². The van der Waals surface area contributed by atoms with Gasteiger partial charge in [0.25, 0.3) is 0 Å². The number of rotatable bonds is 7. The second-order valence-electron chi connectivity index (χ2n) is 6.04. The zero-order valence-electron chi connectivity index (χ0n) is 15.4. The number of ether oxygens (including phenoxy) is 2. The second-order valence-corrected chi connectivity index (χ2v) is 6.47. The number of halogens is 1. The van der Waals surface area contributed by atoms with Gasteiger partial charge in [-0.25, -0.2) is 0 Å². The highest BCUT2D eigenvalue weighted by Gasteiger charge is 2.12. The van der Waals surface area contributed by atoms with Gasteiger partial charge in [-0.1, -0.05) is 29.8 Å². The fourth-order valence-corrected chi connectivity index (χ4v) is 2.58. The lowest BCUT2D eigenvalue weighted by Gasteiger charge is -2.13. The van der Waals surface area contributed by atoms with Crippen LogP contribution in [0.1, 0.15) is 31.0 Å². The molecule has 0 spiro atoms. The maximum Gasteiger partial charge on any atom is 0.245 e. The van der Waals surface area contributed by atoms with Crippen molar-refractivity contribution in [3.05, 3.63) is 64.7 Å². The van der Waals surface area contributed by atoms with Crippen LogP contribution in [0.25, 0.3) is 6.08 Å². The van der Waals surface area contributed by atoms with E-state index >= 15 is 0 Å². The molecule has 0 heterocycles. The van der Waals surface area contributed by atoms with Crippen LogP contribution in [-0.4, -0.2) is 19.1 Å². The first-order valence-electron chi connectivity index (χ1n) is 8.41. The van der Waals surface area contributed by atoms with E-state index < -0.39 is 6.04 Å². The van der Waals surface area contributed by atoms with E-state index in [1.165, 1.54) is 6.08 Å². The molecule has 0 fully saturated rings. The highest BCUT2D eigenvalue weighted by Crippen LogP contribution is 2.29. The van der Waals surface area contributed by atoms with Crippen molar-refractivity contribution in [2.45, 2.75) is 26.0 Å². The summed E-state index contributed by atoms with van der Waals surface area (Å²) in [5, 5.41) is 12.5. The predicted molar refractivity (Wildman–Crippen MR) is 106 cm³/mol. The molecule has 140 valence electrons. The van der Waals surface area contributed by atoms with Gasteiger partial charge in [-0.15, -0.1) is 0 Å². The minimum atomic E-state index is -0.780. The Balaban J connectivity index is 2.08. The van der Waals surface area contributed by atoms with E-state index in [-0.39, 0.29) is 12.0 Å². The molecule has 0 aromatic heterocycles. The number of methoxy groups -OCH3 is 1. The van der Waals surface area contributed by atoms with Gasteiger partial charge in [0.2, 0.25) is 5.91 Å². The molecule has 0 radical (unpaired) electrons. The normalized spacial score (nSPS) is 11.9. The highest BCUT2D eigenvalue weighted by molar-refractivity contribution is 6.30. The molecule has 6 heteroatoms. The molecule has 0 bridgehead atoms. The molecular formula is C21H21ClN2O3. The van der Waals surface area contributed by atoms with Gasteiger partial charge in [0.1, 0.15) is 6.04 Å². The third kappa shape index (κ3) is 6.05. The lowest BCUT2D eigenvalue weighted by Crippen LogP contribution is -2.25. The molecular weight excluding hydrogens is 364 g/mol. The van der Waals surface area contributed by atoms with Crippen molar-refractivity contribution in [1.29, 1.82) is 5.26 Å². The zero-order valence-corrected chi connectivity index (χ0v) is 16.2. The molecule has 1 atom stereocenters. The molecule has 0 aliphatic rings. The molecule has 1 amide bonds. The van der Waals surface area contributed by atoms with Crippen LogP contribution in [0, 0.1) is 11.3 Å². The maximum atomic E-state index is 12.2. The van der Waals surface area contributed by atoms with Crippen LogP contribution in [0.3, 0.4) is 0 Å². The van der Waals surface area contributed by atoms with Crippen molar-refractivity contribution in [1.82, 2.24) is 5.32 Å². The van der Waals surface area contributed by atoms with Gasteiger partial charge in [-0.05, 0) is 55.3 Å². The third-order valence-electron chi connectivity index (χ3n) is 3.58. The Hall–Kier alpha value is -2.97. The first-order valence-corrected chi connectivity index (χ1v) is 8.79. The molecule has 0 saturated carbocycles. The highest BCUT2D eigenvalue weighted by atomic mass is 35.5. The van der Waals surface area contributed by atoms with E-state index in [1.54, 1.807) is 49.6 Å². The van der Waals surface area contributed by atoms with Crippen molar-refractivity contribution in [2.75, 3.05) is 7.11 Å². The van der Waals surface area contributed by atoms with Gasteiger partial charge in [-0.2, -0.15) is 5.26 Å². The summed E-state index contributed by atoms with van der Waals surface area (Å²) < 4.78 is 11.0. The Labute approximate surface area is 164 Å². The number of carbonyl (C=O) groups is 1. The van der Waals surface area contributed by atoms with Gasteiger partial charge in [0, 0.05) is 11.1 Å². The number of carbonyl (C=O) groups excluding carboxylic acids is 1. The molecule has 2 aromatic carbocycles. The van der Waals surface area contributed by atoms with Crippen LogP contribution in [0.2, 0.25) is 5.02 Å². The fraction of sp³-hybridized carbons (Fsp3) is 0.238. The standard InChI is InChI=1S/C21H21ClN2O3/c1-14(2)27-19-9-7-15(11-20(19)26-3)8-10-21(25)24-18(13-23)16-5-4-6-17(22)12-16/h4-12,14,18H,1-3H3,(H,24,25)/b10-8+. The maximum absolute atomic E-state index is 12.2. The van der Waals surface area contributed by atoms with E-state index in [1.807, 2.05) is 19.9 Å². The number of nitrogens with one attached hydrogen (secondary N) is 1. The van der Waals surface area contributed by atoms with Crippen LogP contribution < -0.4 is 14.8 Å². The molecule has 2 aromatic rings. The Morgan fingerprint density at radius 3 is 2.63 bits per heavy atom. The molecule has 27 heavy (non-hydrogen) atoms. The number of nitrogens with zero attached hydrogens (tertiary/aromatic N) is 1. The van der Waals surface area contributed by atoms with Crippen molar-refractivity contribution >= 4 is 23.6 Å². The van der Waals surface area contributed by atoms with E-state index in [4.69, 9.17) is 21.1 Å². The minimum absolute atomic E-state index is 0.0282. The average Bonchev–Trinajstić information content (AvgIpc) is 2.64. The second kappa shape index (κ2) is 9.65. The summed E-state index contributed by atoms with van der Waals surface area (Å²) in [7, 11) is 1.56. The molecule has 5 nitrogen and oxygen atoms in total. The Morgan fingerprint density at radius 1 is 1.22 bits per heavy atom. The monoisotopic (exact) mass is 384 g/mol. The van der Waals surface area contributed by atoms with Crippen molar-refractivity contribution in [3.8, 4) is 17.6 Å². The van der Waals surface area contributed by atoms with E-state index in [2.05, 4.69) is 11.4 Å². The summed E-state index contributed by atoms with van der Waals surface area (Å²) in [6, 6.07) is 13.5. The Kier molecular flexibility index (Phi) is 7.27. The Morgan fingerprint density at radius 2 is 2.00 bits per heavy atom. The van der Waals surface area contributed by atoms with Crippen molar-refractivity contribution in [2.24, 2.45) is 0 Å². The summed E-state index contributed by atoms with van der Waals surface area (Å²) >= 11 is 5.94. The van der Waals surface area contributed by atoms with Gasteiger partial charge in [-0.3, -0.25) is 4.79 Å². The first-order chi connectivity index (χ1) is 12.9. The van der Waals surface area contributed by atoms with Gasteiger partial charge in [0.05, 0.1) is 19.3 Å². The van der Waals surface area contributed by atoms with E-state index in [0.717, 1.165) is 5.56 Å². The fourth-order valence-electron chi connectivity index (χ4n) is 2.38. The number of nitriles is 1. The molecule has 1 unspecified atom stereocenters. The third-order valence-corrected chi connectivity index (χ3v) is 3.81. The minimum Gasteiger partial charge on any atom is -0.493 e. The summed E-state index contributed by atoms with van der Waals surface area (Å²) in [6.45, 7) is 3.87.